The van der Waals surface area contributed by atoms with Crippen LogP contribution in [0.1, 0.15) is 39.0 Å². The third-order valence-corrected chi connectivity index (χ3v) is 3.81. The molecule has 0 aromatic carbocycles. The minimum Gasteiger partial charge on any atom is -0.352 e. The highest BCUT2D eigenvalue weighted by Crippen LogP contribution is 2.31. The summed E-state index contributed by atoms with van der Waals surface area (Å²) in [4.78, 5) is 23.8. The molecule has 5 heteroatoms. The van der Waals surface area contributed by atoms with Gasteiger partial charge in [-0.3, -0.25) is 9.59 Å². The first-order valence-corrected chi connectivity index (χ1v) is 6.95. The average molecular weight is 253 g/mol. The van der Waals surface area contributed by atoms with Crippen LogP contribution in [0.15, 0.2) is 0 Å². The van der Waals surface area contributed by atoms with Gasteiger partial charge in [0, 0.05) is 12.6 Å². The van der Waals surface area contributed by atoms with E-state index in [0.29, 0.717) is 6.04 Å². The van der Waals surface area contributed by atoms with Gasteiger partial charge in [-0.05, 0) is 32.2 Å². The second-order valence-corrected chi connectivity index (χ2v) is 5.48. The zero-order valence-electron chi connectivity index (χ0n) is 11.1. The van der Waals surface area contributed by atoms with Crippen LogP contribution < -0.4 is 16.0 Å². The smallest absolute Gasteiger partial charge is 0.239 e. The van der Waals surface area contributed by atoms with Gasteiger partial charge in [0.15, 0.2) is 0 Å². The highest BCUT2D eigenvalue weighted by atomic mass is 16.2. The van der Waals surface area contributed by atoms with Crippen molar-refractivity contribution in [3.63, 3.8) is 0 Å². The average Bonchev–Trinajstić information content (AvgIpc) is 3.02. The van der Waals surface area contributed by atoms with Crippen molar-refractivity contribution in [2.45, 2.75) is 45.1 Å². The Balaban J connectivity index is 1.79. The number of hydrogen-bond donors (Lipinski definition) is 3. The van der Waals surface area contributed by atoms with Gasteiger partial charge in [0.25, 0.3) is 0 Å². The number of carbonyl (C=O) groups excluding carboxylic acids is 2. The van der Waals surface area contributed by atoms with Crippen molar-refractivity contribution in [3.8, 4) is 0 Å². The van der Waals surface area contributed by atoms with E-state index in [2.05, 4.69) is 22.9 Å². The summed E-state index contributed by atoms with van der Waals surface area (Å²) >= 11 is 0. The number of rotatable bonds is 6. The fourth-order valence-corrected chi connectivity index (χ4v) is 2.60. The number of carbonyl (C=O) groups is 2. The van der Waals surface area contributed by atoms with Gasteiger partial charge in [-0.1, -0.05) is 13.3 Å². The molecular weight excluding hydrogens is 230 g/mol. The molecule has 0 bridgehead atoms. The Hall–Kier alpha value is -1.10. The second kappa shape index (κ2) is 5.69. The van der Waals surface area contributed by atoms with Crippen molar-refractivity contribution >= 4 is 11.8 Å². The lowest BCUT2D eigenvalue weighted by Crippen LogP contribution is -2.46. The number of hydrogen-bond acceptors (Lipinski definition) is 3. The van der Waals surface area contributed by atoms with Gasteiger partial charge in [-0.25, -0.2) is 0 Å². The Morgan fingerprint density at radius 3 is 2.72 bits per heavy atom. The molecule has 2 rings (SSSR count). The summed E-state index contributed by atoms with van der Waals surface area (Å²) < 4.78 is 0. The van der Waals surface area contributed by atoms with Crippen molar-refractivity contribution in [2.24, 2.45) is 5.41 Å². The molecule has 0 aromatic rings. The molecule has 102 valence electrons. The maximum Gasteiger partial charge on any atom is 0.239 e. The maximum absolute atomic E-state index is 12.2. The number of nitrogens with one attached hydrogen (secondary N) is 3. The van der Waals surface area contributed by atoms with Crippen LogP contribution in [0.4, 0.5) is 0 Å². The molecule has 2 amide bonds. The third-order valence-electron chi connectivity index (χ3n) is 3.81. The zero-order chi connectivity index (χ0) is 13.0. The van der Waals surface area contributed by atoms with E-state index >= 15 is 0 Å². The van der Waals surface area contributed by atoms with E-state index in [-0.39, 0.29) is 23.8 Å². The molecule has 1 atom stereocenters. The van der Waals surface area contributed by atoms with Gasteiger partial charge in [-0.15, -0.1) is 0 Å². The lowest BCUT2D eigenvalue weighted by molar-refractivity contribution is -0.132. The second-order valence-electron chi connectivity index (χ2n) is 5.48. The Morgan fingerprint density at radius 2 is 2.17 bits per heavy atom. The Bertz CT molecular complexity index is 320. The largest absolute Gasteiger partial charge is 0.352 e. The van der Waals surface area contributed by atoms with E-state index in [1.165, 1.54) is 0 Å². The fourth-order valence-electron chi connectivity index (χ4n) is 2.60. The molecule has 0 radical (unpaired) electrons. The van der Waals surface area contributed by atoms with Crippen molar-refractivity contribution in [1.29, 1.82) is 0 Å². The molecule has 5 nitrogen and oxygen atoms in total. The predicted molar refractivity (Wildman–Crippen MR) is 69.0 cm³/mol. The molecule has 2 aliphatic rings. The van der Waals surface area contributed by atoms with Crippen LogP contribution in [0.25, 0.3) is 0 Å². The van der Waals surface area contributed by atoms with Crippen LogP contribution in [0.3, 0.4) is 0 Å². The topological polar surface area (TPSA) is 70.2 Å². The van der Waals surface area contributed by atoms with Crippen LogP contribution in [0, 0.1) is 5.41 Å². The Kier molecular flexibility index (Phi) is 4.22. The zero-order valence-corrected chi connectivity index (χ0v) is 11.1. The predicted octanol–water partition coefficient (Wildman–Crippen LogP) is 0.161. The van der Waals surface area contributed by atoms with Gasteiger partial charge in [0.2, 0.25) is 11.8 Å². The summed E-state index contributed by atoms with van der Waals surface area (Å²) in [6, 6.07) is 0.354. The number of amides is 2. The first-order valence-electron chi connectivity index (χ1n) is 6.95. The van der Waals surface area contributed by atoms with Gasteiger partial charge >= 0.3 is 0 Å². The van der Waals surface area contributed by atoms with E-state index in [1.807, 2.05) is 0 Å². The first kappa shape index (κ1) is 13.3. The van der Waals surface area contributed by atoms with Crippen molar-refractivity contribution in [2.75, 3.05) is 19.6 Å². The van der Waals surface area contributed by atoms with E-state index in [1.54, 1.807) is 0 Å². The third kappa shape index (κ3) is 3.22. The van der Waals surface area contributed by atoms with Crippen LogP contribution in [0.5, 0.6) is 0 Å². The van der Waals surface area contributed by atoms with E-state index in [4.69, 9.17) is 0 Å². The summed E-state index contributed by atoms with van der Waals surface area (Å²) in [6.45, 7) is 3.83. The molecule has 1 heterocycles. The minimum atomic E-state index is -0.297. The molecule has 1 unspecified atom stereocenters. The molecule has 0 spiro atoms. The summed E-state index contributed by atoms with van der Waals surface area (Å²) in [6.07, 6.45) is 4.89. The summed E-state index contributed by atoms with van der Waals surface area (Å²) in [5.41, 5.74) is -0.297. The van der Waals surface area contributed by atoms with Crippen LogP contribution in [-0.2, 0) is 9.59 Å². The highest BCUT2D eigenvalue weighted by Gasteiger charge is 2.40. The first-order chi connectivity index (χ1) is 8.66. The van der Waals surface area contributed by atoms with Gasteiger partial charge in [0.05, 0.1) is 12.0 Å². The molecule has 18 heavy (non-hydrogen) atoms. The van der Waals surface area contributed by atoms with Crippen molar-refractivity contribution in [3.05, 3.63) is 0 Å². The molecule has 1 saturated carbocycles. The van der Waals surface area contributed by atoms with Gasteiger partial charge < -0.3 is 16.0 Å². The molecule has 2 fully saturated rings. The highest BCUT2D eigenvalue weighted by molar-refractivity contribution is 5.88. The quantitative estimate of drug-likeness (QED) is 0.631. The summed E-state index contributed by atoms with van der Waals surface area (Å²) in [5, 5.41) is 8.91. The molecule has 1 aliphatic heterocycles. The molecule has 3 N–H and O–H groups in total. The minimum absolute atomic E-state index is 0.0281. The van der Waals surface area contributed by atoms with Crippen LogP contribution >= 0.6 is 0 Å². The van der Waals surface area contributed by atoms with Crippen LogP contribution in [0.2, 0.25) is 0 Å². The SMILES string of the molecule is CCCC1(C(=O)NCC(=O)NC2CC2)CCNC1. The molecule has 1 aliphatic carbocycles. The van der Waals surface area contributed by atoms with Crippen molar-refractivity contribution in [1.82, 2.24) is 16.0 Å². The normalized spacial score (nSPS) is 26.9. The Labute approximate surface area is 108 Å². The van der Waals surface area contributed by atoms with E-state index in [0.717, 1.165) is 45.2 Å². The summed E-state index contributed by atoms with van der Waals surface area (Å²) in [5.74, 6) is -0.0382. The van der Waals surface area contributed by atoms with Gasteiger partial charge in [0.1, 0.15) is 0 Å². The molecule has 1 saturated heterocycles. The molecule has 0 aromatic heterocycles. The van der Waals surface area contributed by atoms with E-state index < -0.39 is 0 Å². The molecular formula is C13H23N3O2. The lowest BCUT2D eigenvalue weighted by Gasteiger charge is -2.26. The Morgan fingerprint density at radius 1 is 1.39 bits per heavy atom. The van der Waals surface area contributed by atoms with E-state index in [9.17, 15) is 9.59 Å². The van der Waals surface area contributed by atoms with Gasteiger partial charge in [-0.2, -0.15) is 0 Å². The lowest BCUT2D eigenvalue weighted by atomic mass is 9.81. The maximum atomic E-state index is 12.2. The van der Waals surface area contributed by atoms with Crippen molar-refractivity contribution < 1.29 is 9.59 Å². The summed E-state index contributed by atoms with van der Waals surface area (Å²) in [7, 11) is 0. The fraction of sp³-hybridized carbons (Fsp3) is 0.846. The monoisotopic (exact) mass is 253 g/mol. The van der Waals surface area contributed by atoms with Crippen LogP contribution in [-0.4, -0.2) is 37.5 Å². The standard InChI is InChI=1S/C13H23N3O2/c1-2-5-13(6-7-14-9-13)12(18)15-8-11(17)16-10-3-4-10/h10,14H,2-9H2,1H3,(H,15,18)(H,16,17).